The van der Waals surface area contributed by atoms with Crippen molar-refractivity contribution in [1.82, 2.24) is 10.2 Å². The maximum atomic E-state index is 14.1. The second-order valence-corrected chi connectivity index (χ2v) is 11.7. The Hall–Kier alpha value is -3.77. The molecule has 1 aliphatic heterocycles. The van der Waals surface area contributed by atoms with Crippen molar-refractivity contribution in [3.05, 3.63) is 107 Å². The molecule has 0 saturated carbocycles. The first-order valence-electron chi connectivity index (χ1n) is 14.0. The summed E-state index contributed by atoms with van der Waals surface area (Å²) in [4.78, 5) is 42.7. The molecule has 0 spiro atoms. The number of nitrogens with zero attached hydrogens (tertiary/aromatic N) is 1. The van der Waals surface area contributed by atoms with Crippen molar-refractivity contribution in [3.63, 3.8) is 0 Å². The lowest BCUT2D eigenvalue weighted by molar-refractivity contribution is 0.0478. The summed E-state index contributed by atoms with van der Waals surface area (Å²) in [6.45, 7) is 11.4. The number of alkyl carbamates (subject to hydrolysis) is 1. The monoisotopic (exact) mass is 540 g/mol. The number of carbonyl (C=O) groups excluding carboxylic acids is 3. The lowest BCUT2D eigenvalue weighted by Gasteiger charge is -2.43. The van der Waals surface area contributed by atoms with E-state index in [0.29, 0.717) is 37.3 Å². The molecule has 1 heterocycles. The minimum absolute atomic E-state index is 0.0298. The second-order valence-electron chi connectivity index (χ2n) is 11.7. The molecule has 3 aromatic carbocycles. The summed E-state index contributed by atoms with van der Waals surface area (Å²) in [5, 5.41) is 2.82. The van der Waals surface area contributed by atoms with E-state index < -0.39 is 23.5 Å². The number of ketones is 2. The van der Waals surface area contributed by atoms with Gasteiger partial charge in [0.1, 0.15) is 5.60 Å². The fourth-order valence-electron chi connectivity index (χ4n) is 5.64. The van der Waals surface area contributed by atoms with E-state index >= 15 is 0 Å². The van der Waals surface area contributed by atoms with E-state index in [1.165, 1.54) is 0 Å². The molecule has 0 aliphatic carbocycles. The molecular weight excluding hydrogens is 500 g/mol. The van der Waals surface area contributed by atoms with Gasteiger partial charge in [-0.05, 0) is 51.3 Å². The summed E-state index contributed by atoms with van der Waals surface area (Å²) in [5.41, 5.74) is 4.00. The van der Waals surface area contributed by atoms with E-state index in [4.69, 9.17) is 4.74 Å². The van der Waals surface area contributed by atoms with Crippen LogP contribution >= 0.6 is 0 Å². The Kier molecular flexibility index (Phi) is 9.21. The largest absolute Gasteiger partial charge is 0.444 e. The van der Waals surface area contributed by atoms with E-state index in [-0.39, 0.29) is 17.5 Å². The molecule has 1 saturated heterocycles. The van der Waals surface area contributed by atoms with Gasteiger partial charge in [-0.1, -0.05) is 78.9 Å². The fourth-order valence-corrected chi connectivity index (χ4v) is 5.64. The summed E-state index contributed by atoms with van der Waals surface area (Å²) in [5.74, 6) is -1.09. The number of likely N-dealkylation sites (tertiary alicyclic amines) is 1. The first-order chi connectivity index (χ1) is 19.0. The van der Waals surface area contributed by atoms with Gasteiger partial charge >= 0.3 is 6.09 Å². The summed E-state index contributed by atoms with van der Waals surface area (Å²) in [7, 11) is 0. The van der Waals surface area contributed by atoms with Crippen molar-refractivity contribution in [2.75, 3.05) is 26.2 Å². The molecule has 1 aliphatic rings. The highest BCUT2D eigenvalue weighted by Gasteiger charge is 2.45. The van der Waals surface area contributed by atoms with Gasteiger partial charge < -0.3 is 15.0 Å². The lowest BCUT2D eigenvalue weighted by atomic mass is 9.67. The molecule has 1 fully saturated rings. The number of benzene rings is 3. The van der Waals surface area contributed by atoms with Crippen molar-refractivity contribution in [2.24, 2.45) is 11.8 Å². The smallest absolute Gasteiger partial charge is 0.407 e. The number of Topliss-reactive ketones (excluding diaryl/α,β-unsaturated/α-hetero) is 2. The van der Waals surface area contributed by atoms with Gasteiger partial charge in [0.2, 0.25) is 0 Å². The van der Waals surface area contributed by atoms with Crippen LogP contribution < -0.4 is 5.32 Å². The number of rotatable bonds is 8. The molecule has 6 heteroatoms. The number of ether oxygens (including phenoxy) is 1. The van der Waals surface area contributed by atoms with Crippen LogP contribution in [-0.2, 0) is 4.74 Å². The molecule has 0 aromatic heterocycles. The molecule has 210 valence electrons. The minimum Gasteiger partial charge on any atom is -0.444 e. The average molecular weight is 541 g/mol. The molecule has 40 heavy (non-hydrogen) atoms. The first-order valence-corrected chi connectivity index (χ1v) is 14.0. The number of carbonyl (C=O) groups is 3. The molecular formula is C34H40N2O4. The Morgan fingerprint density at radius 1 is 0.800 bits per heavy atom. The zero-order valence-electron chi connectivity index (χ0n) is 24.1. The molecule has 3 aromatic rings. The van der Waals surface area contributed by atoms with Gasteiger partial charge in [-0.3, -0.25) is 9.59 Å². The van der Waals surface area contributed by atoms with Gasteiger partial charge in [0.25, 0.3) is 0 Å². The van der Waals surface area contributed by atoms with Gasteiger partial charge in [-0.15, -0.1) is 0 Å². The molecule has 1 amide bonds. The summed E-state index contributed by atoms with van der Waals surface area (Å²) in [6.07, 6.45) is -0.480. The van der Waals surface area contributed by atoms with Gasteiger partial charge in [-0.2, -0.15) is 0 Å². The van der Waals surface area contributed by atoms with Crippen LogP contribution in [0.25, 0.3) is 0 Å². The Morgan fingerprint density at radius 2 is 1.32 bits per heavy atom. The quantitative estimate of drug-likeness (QED) is 0.343. The maximum Gasteiger partial charge on any atom is 0.407 e. The second kappa shape index (κ2) is 12.6. The number of nitrogens with one attached hydrogen (secondary N) is 1. The van der Waals surface area contributed by atoms with Crippen molar-refractivity contribution < 1.29 is 19.1 Å². The zero-order chi connectivity index (χ0) is 28.9. The fraction of sp³-hybridized carbons (Fsp3) is 0.382. The lowest BCUT2D eigenvalue weighted by Crippen LogP contribution is -2.52. The number of piperidine rings is 1. The summed E-state index contributed by atoms with van der Waals surface area (Å²) in [6, 6.07) is 24.8. The Morgan fingerprint density at radius 3 is 1.82 bits per heavy atom. The Labute approximate surface area is 237 Å². The highest BCUT2D eigenvalue weighted by Crippen LogP contribution is 2.42. The van der Waals surface area contributed by atoms with Crippen LogP contribution in [0.3, 0.4) is 0 Å². The number of hydrogen-bond acceptors (Lipinski definition) is 5. The van der Waals surface area contributed by atoms with Crippen LogP contribution in [0, 0.1) is 25.7 Å². The van der Waals surface area contributed by atoms with E-state index in [1.807, 2.05) is 87.5 Å². The first kappa shape index (κ1) is 29.2. The van der Waals surface area contributed by atoms with Crippen LogP contribution in [0.4, 0.5) is 4.79 Å². The maximum absolute atomic E-state index is 14.1. The van der Waals surface area contributed by atoms with Crippen molar-refractivity contribution >= 4 is 17.7 Å². The van der Waals surface area contributed by atoms with Crippen LogP contribution in [0.5, 0.6) is 0 Å². The average Bonchev–Trinajstić information content (AvgIpc) is 2.93. The molecule has 0 unspecified atom stereocenters. The zero-order valence-corrected chi connectivity index (χ0v) is 24.1. The van der Waals surface area contributed by atoms with Crippen molar-refractivity contribution in [3.8, 4) is 0 Å². The molecule has 0 bridgehead atoms. The van der Waals surface area contributed by atoms with E-state index in [0.717, 1.165) is 16.7 Å². The Bertz CT molecular complexity index is 1270. The third-order valence-electron chi connectivity index (χ3n) is 7.67. The highest BCUT2D eigenvalue weighted by molar-refractivity contribution is 6.02. The standard InChI is InChI=1S/C34H40N2O4/c1-23-13-12-18-27(24(23)2)30-28(31(37)25-14-8-6-9-15-25)21-36(20-19-35-33(39)40-34(3,4)5)22-29(30)32(38)26-16-10-7-11-17-26/h6-18,28-30H,19-22H2,1-5H3,(H,35,39)/t28-,29-/m0/s1. The van der Waals surface area contributed by atoms with Gasteiger partial charge in [0, 0.05) is 55.1 Å². The third kappa shape index (κ3) is 7.05. The van der Waals surface area contributed by atoms with Gasteiger partial charge in [0.15, 0.2) is 11.6 Å². The molecule has 2 atom stereocenters. The van der Waals surface area contributed by atoms with Gasteiger partial charge in [-0.25, -0.2) is 4.79 Å². The number of amides is 1. The minimum atomic E-state index is -0.589. The topological polar surface area (TPSA) is 75.7 Å². The van der Waals surface area contributed by atoms with Crippen molar-refractivity contribution in [2.45, 2.75) is 46.1 Å². The molecule has 1 N–H and O–H groups in total. The van der Waals surface area contributed by atoms with Crippen LogP contribution in [0.2, 0.25) is 0 Å². The van der Waals surface area contributed by atoms with E-state index in [1.54, 1.807) is 0 Å². The predicted octanol–water partition coefficient (Wildman–Crippen LogP) is 6.23. The SMILES string of the molecule is Cc1cccc(C2[C@@H](C(=O)c3ccccc3)CN(CCNC(=O)OC(C)(C)C)C[C@@H]2C(=O)c2ccccc2)c1C. The normalized spacial score (nSPS) is 18.2. The Balaban J connectivity index is 1.71. The predicted molar refractivity (Wildman–Crippen MR) is 158 cm³/mol. The van der Waals surface area contributed by atoms with Crippen LogP contribution in [0.15, 0.2) is 78.9 Å². The van der Waals surface area contributed by atoms with Gasteiger partial charge in [0.05, 0.1) is 0 Å². The molecule has 4 rings (SSSR count). The molecule has 6 nitrogen and oxygen atoms in total. The molecule has 0 radical (unpaired) electrons. The van der Waals surface area contributed by atoms with Crippen molar-refractivity contribution in [1.29, 1.82) is 0 Å². The highest BCUT2D eigenvalue weighted by atomic mass is 16.6. The van der Waals surface area contributed by atoms with E-state index in [2.05, 4.69) is 36.2 Å². The third-order valence-corrected chi connectivity index (χ3v) is 7.67. The van der Waals surface area contributed by atoms with Crippen LogP contribution in [-0.4, -0.2) is 54.3 Å². The summed E-state index contributed by atoms with van der Waals surface area (Å²) >= 11 is 0. The van der Waals surface area contributed by atoms with Crippen LogP contribution in [0.1, 0.15) is 64.1 Å². The number of hydrogen-bond donors (Lipinski definition) is 1. The van der Waals surface area contributed by atoms with E-state index in [9.17, 15) is 14.4 Å². The summed E-state index contributed by atoms with van der Waals surface area (Å²) < 4.78 is 5.38. The number of aryl methyl sites for hydroxylation is 1.